The van der Waals surface area contributed by atoms with Crippen molar-refractivity contribution < 1.29 is 14.3 Å². The zero-order valence-electron chi connectivity index (χ0n) is 12.4. The molecule has 2 rings (SSSR count). The highest BCUT2D eigenvalue weighted by Gasteiger charge is 2.19. The van der Waals surface area contributed by atoms with E-state index >= 15 is 0 Å². The molecule has 0 spiro atoms. The van der Waals surface area contributed by atoms with Crippen LogP contribution in [0.15, 0.2) is 16.7 Å². The Bertz CT molecular complexity index is 665. The van der Waals surface area contributed by atoms with Crippen LogP contribution >= 0.6 is 15.9 Å². The number of aromatic nitrogens is 2. The minimum absolute atomic E-state index is 0.211. The summed E-state index contributed by atoms with van der Waals surface area (Å²) in [6, 6.07) is 1.97. The van der Waals surface area contributed by atoms with Gasteiger partial charge in [0.1, 0.15) is 11.3 Å². The standard InChI is InChI=1S/C14H18BrN3O3/c1-8-5-10(15)7-18-12(9(2)17-13(8)18)14(19)16-6-11(20-3)21-4/h5,7,11H,6H2,1-4H3,(H,16,19). The van der Waals surface area contributed by atoms with Gasteiger partial charge in [-0.05, 0) is 41.4 Å². The van der Waals surface area contributed by atoms with Crippen LogP contribution in [0.4, 0.5) is 0 Å². The molecule has 0 bridgehead atoms. The van der Waals surface area contributed by atoms with E-state index in [1.165, 1.54) is 14.2 Å². The van der Waals surface area contributed by atoms with Crippen LogP contribution in [0, 0.1) is 13.8 Å². The van der Waals surface area contributed by atoms with E-state index in [1.807, 2.05) is 26.1 Å². The fourth-order valence-corrected chi connectivity index (χ4v) is 2.73. The van der Waals surface area contributed by atoms with Crippen molar-refractivity contribution in [2.24, 2.45) is 0 Å². The molecule has 0 fully saturated rings. The van der Waals surface area contributed by atoms with Crippen molar-refractivity contribution in [1.82, 2.24) is 14.7 Å². The van der Waals surface area contributed by atoms with Crippen molar-refractivity contribution in [2.75, 3.05) is 20.8 Å². The third-order valence-electron chi connectivity index (χ3n) is 3.22. The van der Waals surface area contributed by atoms with Gasteiger partial charge in [-0.25, -0.2) is 4.98 Å². The summed E-state index contributed by atoms with van der Waals surface area (Å²) in [5, 5.41) is 2.79. The van der Waals surface area contributed by atoms with Gasteiger partial charge in [-0.3, -0.25) is 9.20 Å². The van der Waals surface area contributed by atoms with Gasteiger partial charge in [0.25, 0.3) is 5.91 Å². The molecule has 0 saturated carbocycles. The van der Waals surface area contributed by atoms with Crippen molar-refractivity contribution >= 4 is 27.5 Å². The summed E-state index contributed by atoms with van der Waals surface area (Å²) >= 11 is 3.44. The number of hydrogen-bond acceptors (Lipinski definition) is 4. The van der Waals surface area contributed by atoms with Crippen molar-refractivity contribution in [3.05, 3.63) is 33.7 Å². The van der Waals surface area contributed by atoms with Gasteiger partial charge in [0.05, 0.1) is 12.2 Å². The molecule has 1 N–H and O–H groups in total. The number of ether oxygens (including phenoxy) is 2. The van der Waals surface area contributed by atoms with Crippen molar-refractivity contribution in [2.45, 2.75) is 20.1 Å². The average molecular weight is 356 g/mol. The lowest BCUT2D eigenvalue weighted by Gasteiger charge is -2.14. The third-order valence-corrected chi connectivity index (χ3v) is 3.65. The van der Waals surface area contributed by atoms with E-state index in [1.54, 1.807) is 4.40 Å². The van der Waals surface area contributed by atoms with E-state index in [4.69, 9.17) is 9.47 Å². The first-order valence-corrected chi connectivity index (χ1v) is 7.25. The summed E-state index contributed by atoms with van der Waals surface area (Å²) in [7, 11) is 3.06. The summed E-state index contributed by atoms with van der Waals surface area (Å²) in [5.74, 6) is -0.211. The lowest BCUT2D eigenvalue weighted by molar-refractivity contribution is -0.0974. The Labute approximate surface area is 131 Å². The second-order valence-corrected chi connectivity index (χ2v) is 5.61. The van der Waals surface area contributed by atoms with Crippen LogP contribution in [0.3, 0.4) is 0 Å². The van der Waals surface area contributed by atoms with E-state index in [0.717, 1.165) is 15.7 Å². The molecule has 0 aliphatic carbocycles. The van der Waals surface area contributed by atoms with Crippen LogP contribution in [0.2, 0.25) is 0 Å². The first-order chi connectivity index (χ1) is 9.97. The molecule has 114 valence electrons. The molecule has 0 atom stereocenters. The van der Waals surface area contributed by atoms with Gasteiger partial charge < -0.3 is 14.8 Å². The fourth-order valence-electron chi connectivity index (χ4n) is 2.18. The van der Waals surface area contributed by atoms with E-state index < -0.39 is 6.29 Å². The zero-order chi connectivity index (χ0) is 15.6. The second-order valence-electron chi connectivity index (χ2n) is 4.69. The molecule has 0 aliphatic heterocycles. The zero-order valence-corrected chi connectivity index (χ0v) is 14.0. The molecule has 6 nitrogen and oxygen atoms in total. The Morgan fingerprint density at radius 3 is 2.71 bits per heavy atom. The number of aryl methyl sites for hydroxylation is 2. The average Bonchev–Trinajstić information content (AvgIpc) is 2.76. The van der Waals surface area contributed by atoms with Gasteiger partial charge in [0.15, 0.2) is 6.29 Å². The van der Waals surface area contributed by atoms with Crippen LogP contribution in [-0.4, -0.2) is 42.3 Å². The van der Waals surface area contributed by atoms with Crippen LogP contribution in [0.5, 0.6) is 0 Å². The number of amides is 1. The van der Waals surface area contributed by atoms with Gasteiger partial charge in [-0.2, -0.15) is 0 Å². The number of carbonyl (C=O) groups excluding carboxylic acids is 1. The maximum Gasteiger partial charge on any atom is 0.270 e. The highest BCUT2D eigenvalue weighted by Crippen LogP contribution is 2.20. The summed E-state index contributed by atoms with van der Waals surface area (Å²) in [5.41, 5.74) is 2.97. The van der Waals surface area contributed by atoms with Crippen LogP contribution in [0.25, 0.3) is 5.65 Å². The van der Waals surface area contributed by atoms with E-state index in [9.17, 15) is 4.79 Å². The van der Waals surface area contributed by atoms with Crippen LogP contribution in [-0.2, 0) is 9.47 Å². The minimum Gasteiger partial charge on any atom is -0.354 e. The van der Waals surface area contributed by atoms with Crippen molar-refractivity contribution in [3.8, 4) is 0 Å². The quantitative estimate of drug-likeness (QED) is 0.833. The number of pyridine rings is 1. The molecule has 2 aromatic rings. The normalized spacial score (nSPS) is 11.3. The van der Waals surface area contributed by atoms with Gasteiger partial charge >= 0.3 is 0 Å². The SMILES string of the molecule is COC(CNC(=O)c1c(C)nc2c(C)cc(Br)cn12)OC. The molecule has 0 aliphatic rings. The van der Waals surface area contributed by atoms with Crippen molar-refractivity contribution in [1.29, 1.82) is 0 Å². The molecule has 0 saturated heterocycles. The molecule has 1 amide bonds. The number of rotatable bonds is 5. The van der Waals surface area contributed by atoms with Gasteiger partial charge in [-0.1, -0.05) is 0 Å². The fraction of sp³-hybridized carbons (Fsp3) is 0.429. The van der Waals surface area contributed by atoms with Gasteiger partial charge in [0.2, 0.25) is 0 Å². The number of fused-ring (bicyclic) bond motifs is 1. The minimum atomic E-state index is -0.470. The first kappa shape index (κ1) is 15.9. The maximum atomic E-state index is 12.4. The third kappa shape index (κ3) is 3.25. The van der Waals surface area contributed by atoms with Gasteiger partial charge in [0, 0.05) is 24.9 Å². The summed E-state index contributed by atoms with van der Waals surface area (Å²) < 4.78 is 12.8. The Balaban J connectivity index is 2.33. The predicted octanol–water partition coefficient (Wildman–Crippen LogP) is 2.06. The number of halogens is 1. The maximum absolute atomic E-state index is 12.4. The van der Waals surface area contributed by atoms with Crippen molar-refractivity contribution in [3.63, 3.8) is 0 Å². The first-order valence-electron chi connectivity index (χ1n) is 6.46. The van der Waals surface area contributed by atoms with Crippen LogP contribution in [0.1, 0.15) is 21.7 Å². The Kier molecular flexibility index (Phi) is 4.97. The molecular weight excluding hydrogens is 338 g/mol. The molecule has 2 heterocycles. The summed E-state index contributed by atoms with van der Waals surface area (Å²) in [6.45, 7) is 4.05. The van der Waals surface area contributed by atoms with Crippen LogP contribution < -0.4 is 5.32 Å². The Morgan fingerprint density at radius 2 is 2.10 bits per heavy atom. The number of nitrogens with zero attached hydrogens (tertiary/aromatic N) is 2. The van der Waals surface area contributed by atoms with Gasteiger partial charge in [-0.15, -0.1) is 0 Å². The highest BCUT2D eigenvalue weighted by molar-refractivity contribution is 9.10. The Hall–Kier alpha value is -1.44. The topological polar surface area (TPSA) is 64.9 Å². The Morgan fingerprint density at radius 1 is 1.43 bits per heavy atom. The second kappa shape index (κ2) is 6.55. The number of imidazole rings is 1. The number of methoxy groups -OCH3 is 2. The van der Waals surface area contributed by atoms with E-state index in [0.29, 0.717) is 11.4 Å². The molecule has 7 heteroatoms. The number of hydrogen-bond donors (Lipinski definition) is 1. The number of nitrogens with one attached hydrogen (secondary N) is 1. The predicted molar refractivity (Wildman–Crippen MR) is 82.5 cm³/mol. The molecule has 2 aromatic heterocycles. The highest BCUT2D eigenvalue weighted by atomic mass is 79.9. The smallest absolute Gasteiger partial charge is 0.270 e. The molecule has 21 heavy (non-hydrogen) atoms. The summed E-state index contributed by atoms with van der Waals surface area (Å²) in [4.78, 5) is 16.9. The molecule has 0 aromatic carbocycles. The summed E-state index contributed by atoms with van der Waals surface area (Å²) in [6.07, 6.45) is 1.36. The molecular formula is C14H18BrN3O3. The largest absolute Gasteiger partial charge is 0.354 e. The molecule has 0 unspecified atom stereocenters. The monoisotopic (exact) mass is 355 g/mol. The van der Waals surface area contributed by atoms with E-state index in [-0.39, 0.29) is 12.5 Å². The van der Waals surface area contributed by atoms with E-state index in [2.05, 4.69) is 26.2 Å². The lowest BCUT2D eigenvalue weighted by atomic mass is 10.3. The number of carbonyl (C=O) groups is 1. The lowest BCUT2D eigenvalue weighted by Crippen LogP contribution is -2.35. The molecule has 0 radical (unpaired) electrons.